The maximum Gasteiger partial charge on any atom is 0.279 e. The summed E-state index contributed by atoms with van der Waals surface area (Å²) in [7, 11) is 1.99. The van der Waals surface area contributed by atoms with Crippen molar-refractivity contribution in [1.29, 1.82) is 0 Å². The number of hydrogen-bond donors (Lipinski definition) is 2. The average molecular weight is 369 g/mol. The van der Waals surface area contributed by atoms with Crippen LogP contribution in [-0.4, -0.2) is 16.4 Å². The minimum atomic E-state index is -0.301. The first kappa shape index (κ1) is 15.9. The number of carbonyl (C=O) groups excluding carboxylic acids is 2. The molecule has 0 saturated heterocycles. The number of benzene rings is 1. The van der Waals surface area contributed by atoms with Crippen LogP contribution in [0.1, 0.15) is 14.5 Å². The predicted molar refractivity (Wildman–Crippen MR) is 102 cm³/mol. The smallest absolute Gasteiger partial charge is 0.279 e. The number of hydrazine groups is 1. The first-order valence-electron chi connectivity index (χ1n) is 7.72. The molecule has 0 atom stereocenters. The van der Waals surface area contributed by atoms with Gasteiger partial charge in [-0.25, -0.2) is 0 Å². The topological polar surface area (TPSA) is 63.1 Å². The standard InChI is InChI=1S/C18H15N3O2S2/c1-21-14-7-3-2-6-12(14)13-10-15(25-18(13)21)17(23)20-19-16(22)9-11-5-4-8-24-11/h2-8,10H,9H2,1H3,(H,19,22)(H,20,23). The van der Waals surface area contributed by atoms with Gasteiger partial charge in [0.05, 0.1) is 11.3 Å². The molecule has 0 bridgehead atoms. The zero-order chi connectivity index (χ0) is 17.4. The van der Waals surface area contributed by atoms with Crippen molar-refractivity contribution in [3.63, 3.8) is 0 Å². The van der Waals surface area contributed by atoms with Crippen LogP contribution in [0.4, 0.5) is 0 Å². The number of fused-ring (bicyclic) bond motifs is 3. The summed E-state index contributed by atoms with van der Waals surface area (Å²) in [6.45, 7) is 0. The van der Waals surface area contributed by atoms with Crippen molar-refractivity contribution in [2.75, 3.05) is 0 Å². The van der Waals surface area contributed by atoms with Crippen LogP contribution in [0.3, 0.4) is 0 Å². The van der Waals surface area contributed by atoms with Crippen LogP contribution in [0, 0.1) is 0 Å². The lowest BCUT2D eigenvalue weighted by molar-refractivity contribution is -0.121. The Hall–Kier alpha value is -2.64. The van der Waals surface area contributed by atoms with Crippen molar-refractivity contribution in [3.8, 4) is 0 Å². The largest absolute Gasteiger partial charge is 0.335 e. The van der Waals surface area contributed by atoms with E-state index in [0.29, 0.717) is 4.88 Å². The highest BCUT2D eigenvalue weighted by Gasteiger charge is 2.16. The number of para-hydroxylation sites is 1. The molecule has 0 fully saturated rings. The lowest BCUT2D eigenvalue weighted by Gasteiger charge is -2.05. The summed E-state index contributed by atoms with van der Waals surface area (Å²) in [5.74, 6) is -0.535. The van der Waals surface area contributed by atoms with Gasteiger partial charge in [-0.3, -0.25) is 20.4 Å². The third kappa shape index (κ3) is 2.92. The molecule has 5 nitrogen and oxygen atoms in total. The summed E-state index contributed by atoms with van der Waals surface area (Å²) >= 11 is 2.93. The van der Waals surface area contributed by atoms with Gasteiger partial charge in [0.2, 0.25) is 5.91 Å². The second kappa shape index (κ2) is 6.34. The van der Waals surface area contributed by atoms with E-state index in [0.717, 1.165) is 26.0 Å². The van der Waals surface area contributed by atoms with Gasteiger partial charge in [0.25, 0.3) is 5.91 Å². The fraction of sp³-hybridized carbons (Fsp3) is 0.111. The van der Waals surface area contributed by atoms with Gasteiger partial charge in [0, 0.05) is 28.2 Å². The lowest BCUT2D eigenvalue weighted by Crippen LogP contribution is -2.42. The number of nitrogens with zero attached hydrogens (tertiary/aromatic N) is 1. The minimum Gasteiger partial charge on any atom is -0.335 e. The van der Waals surface area contributed by atoms with Gasteiger partial charge in [-0.05, 0) is 23.6 Å². The number of thiophene rings is 2. The van der Waals surface area contributed by atoms with Crippen molar-refractivity contribution < 1.29 is 9.59 Å². The number of rotatable bonds is 3. The van der Waals surface area contributed by atoms with Gasteiger partial charge in [-0.2, -0.15) is 0 Å². The van der Waals surface area contributed by atoms with Crippen LogP contribution in [0.5, 0.6) is 0 Å². The molecule has 3 aromatic heterocycles. The van der Waals surface area contributed by atoms with E-state index in [4.69, 9.17) is 0 Å². The van der Waals surface area contributed by atoms with Crippen molar-refractivity contribution in [2.24, 2.45) is 7.05 Å². The number of amides is 2. The Bertz CT molecular complexity index is 1080. The third-order valence-corrected chi connectivity index (χ3v) is 6.11. The number of nitrogens with one attached hydrogen (secondary N) is 2. The zero-order valence-corrected chi connectivity index (χ0v) is 15.0. The summed E-state index contributed by atoms with van der Waals surface area (Å²) in [6.07, 6.45) is 0.259. The Morgan fingerprint density at radius 3 is 2.72 bits per heavy atom. The molecule has 2 N–H and O–H groups in total. The van der Waals surface area contributed by atoms with E-state index in [9.17, 15) is 9.59 Å². The SMILES string of the molecule is Cn1c2ccccc2c2cc(C(=O)NNC(=O)Cc3cccs3)sc21. The van der Waals surface area contributed by atoms with E-state index in [1.807, 2.05) is 42.8 Å². The molecule has 0 aliphatic heterocycles. The molecular weight excluding hydrogens is 354 g/mol. The molecule has 3 heterocycles. The summed E-state index contributed by atoms with van der Waals surface area (Å²) in [5.41, 5.74) is 6.11. The van der Waals surface area contributed by atoms with Crippen LogP contribution in [0.25, 0.3) is 21.1 Å². The Balaban J connectivity index is 1.50. The van der Waals surface area contributed by atoms with Crippen LogP contribution in [0.15, 0.2) is 47.8 Å². The number of carbonyl (C=O) groups is 2. The molecule has 25 heavy (non-hydrogen) atoms. The summed E-state index contributed by atoms with van der Waals surface area (Å²) in [4.78, 5) is 26.8. The molecule has 0 radical (unpaired) electrons. The first-order valence-corrected chi connectivity index (χ1v) is 9.41. The number of aryl methyl sites for hydroxylation is 1. The van der Waals surface area contributed by atoms with Crippen LogP contribution < -0.4 is 10.9 Å². The summed E-state index contributed by atoms with van der Waals surface area (Å²) in [5, 5.41) is 4.10. The van der Waals surface area contributed by atoms with Crippen molar-refractivity contribution in [3.05, 3.63) is 57.6 Å². The van der Waals surface area contributed by atoms with Gasteiger partial charge < -0.3 is 4.57 Å². The molecule has 7 heteroatoms. The van der Waals surface area contributed by atoms with Crippen LogP contribution in [0.2, 0.25) is 0 Å². The summed E-state index contributed by atoms with van der Waals surface area (Å²) in [6, 6.07) is 13.8. The summed E-state index contributed by atoms with van der Waals surface area (Å²) < 4.78 is 2.08. The van der Waals surface area contributed by atoms with E-state index >= 15 is 0 Å². The fourth-order valence-corrected chi connectivity index (χ4v) is 4.59. The van der Waals surface area contributed by atoms with Gasteiger partial charge in [0.1, 0.15) is 4.83 Å². The first-order chi connectivity index (χ1) is 12.1. The lowest BCUT2D eigenvalue weighted by atomic mass is 10.2. The number of aromatic nitrogens is 1. The average Bonchev–Trinajstić information content (AvgIpc) is 3.32. The van der Waals surface area contributed by atoms with E-state index in [-0.39, 0.29) is 18.2 Å². The molecule has 4 rings (SSSR count). The van der Waals surface area contributed by atoms with Crippen molar-refractivity contribution >= 4 is 55.6 Å². The molecule has 0 aliphatic rings. The maximum atomic E-state index is 12.3. The van der Waals surface area contributed by atoms with E-state index in [1.54, 1.807) is 0 Å². The zero-order valence-electron chi connectivity index (χ0n) is 13.4. The quantitative estimate of drug-likeness (QED) is 0.543. The monoisotopic (exact) mass is 369 g/mol. The third-order valence-electron chi connectivity index (χ3n) is 4.03. The van der Waals surface area contributed by atoms with Gasteiger partial charge in [0.15, 0.2) is 0 Å². The Kier molecular flexibility index (Phi) is 4.03. The maximum absolute atomic E-state index is 12.3. The normalized spacial score (nSPS) is 11.1. The second-order valence-electron chi connectivity index (χ2n) is 5.66. The molecule has 0 unspecified atom stereocenters. The van der Waals surface area contributed by atoms with Gasteiger partial charge in [-0.1, -0.05) is 24.3 Å². The van der Waals surface area contributed by atoms with E-state index < -0.39 is 0 Å². The number of hydrogen-bond acceptors (Lipinski definition) is 4. The highest BCUT2D eigenvalue weighted by atomic mass is 32.1. The molecule has 126 valence electrons. The second-order valence-corrected chi connectivity index (χ2v) is 7.73. The molecule has 1 aromatic carbocycles. The molecule has 4 aromatic rings. The minimum absolute atomic E-state index is 0.234. The molecule has 0 aliphatic carbocycles. The molecular formula is C18H15N3O2S2. The Morgan fingerprint density at radius 1 is 1.08 bits per heavy atom. The van der Waals surface area contributed by atoms with Crippen LogP contribution >= 0.6 is 22.7 Å². The van der Waals surface area contributed by atoms with Crippen LogP contribution in [-0.2, 0) is 18.3 Å². The van der Waals surface area contributed by atoms with Crippen molar-refractivity contribution in [1.82, 2.24) is 15.4 Å². The molecule has 0 saturated carbocycles. The van der Waals surface area contributed by atoms with E-state index in [1.165, 1.54) is 22.7 Å². The highest BCUT2D eigenvalue weighted by molar-refractivity contribution is 7.20. The van der Waals surface area contributed by atoms with E-state index in [2.05, 4.69) is 27.6 Å². The molecule has 2 amide bonds. The Morgan fingerprint density at radius 2 is 1.92 bits per heavy atom. The highest BCUT2D eigenvalue weighted by Crippen LogP contribution is 2.34. The fourth-order valence-electron chi connectivity index (χ4n) is 2.84. The van der Waals surface area contributed by atoms with Crippen molar-refractivity contribution in [2.45, 2.75) is 6.42 Å². The Labute approximate surface area is 151 Å². The van der Waals surface area contributed by atoms with Gasteiger partial charge in [-0.15, -0.1) is 22.7 Å². The van der Waals surface area contributed by atoms with Gasteiger partial charge >= 0.3 is 0 Å². The predicted octanol–water partition coefficient (Wildman–Crippen LogP) is 3.46. The molecule has 0 spiro atoms.